The van der Waals surface area contributed by atoms with E-state index in [0.29, 0.717) is 0 Å². The number of benzene rings is 1. The minimum atomic E-state index is -2.32. The third-order valence-corrected chi connectivity index (χ3v) is 3.29. The monoisotopic (exact) mass is 356 g/mol. The van der Waals surface area contributed by atoms with E-state index >= 15 is 0 Å². The van der Waals surface area contributed by atoms with Gasteiger partial charge in [0.2, 0.25) is 0 Å². The molecule has 1 N–H and O–H groups in total. The van der Waals surface area contributed by atoms with E-state index in [-0.39, 0.29) is 35.8 Å². The van der Waals surface area contributed by atoms with Crippen LogP contribution in [0, 0.1) is 0 Å². The Morgan fingerprint density at radius 1 is 1.12 bits per heavy atom. The number of carbonyl (C=O) groups is 3. The lowest BCUT2D eigenvalue weighted by Crippen LogP contribution is -2.17. The maximum absolute atomic E-state index is 12.0. The van der Waals surface area contributed by atoms with Crippen LogP contribution >= 0.6 is 0 Å². The Morgan fingerprint density at radius 2 is 1.75 bits per heavy atom. The van der Waals surface area contributed by atoms with Crippen molar-refractivity contribution in [1.82, 2.24) is 0 Å². The van der Waals surface area contributed by atoms with Crippen molar-refractivity contribution in [2.75, 3.05) is 19.8 Å². The van der Waals surface area contributed by atoms with E-state index < -0.39 is 29.0 Å². The normalized spacial score (nSPS) is 11.2. The Hall–Kier alpha value is -2.52. The van der Waals surface area contributed by atoms with Gasteiger partial charge in [-0.3, -0.25) is 0 Å². The van der Waals surface area contributed by atoms with Crippen LogP contribution in [0.3, 0.4) is 0 Å². The number of carbonyl (C=O) groups excluding carboxylic acids is 3. The number of esters is 3. The second-order valence-electron chi connectivity index (χ2n) is 4.18. The van der Waals surface area contributed by atoms with Gasteiger partial charge in [-0.1, -0.05) is 6.58 Å². The van der Waals surface area contributed by atoms with E-state index in [0.717, 1.165) is 12.1 Å². The lowest BCUT2D eigenvalue weighted by Gasteiger charge is -2.10. The average Bonchev–Trinajstić information content (AvgIpc) is 2.57. The molecule has 0 amide bonds. The Balaban J connectivity index is 2.89. The van der Waals surface area contributed by atoms with Crippen molar-refractivity contribution in [2.24, 2.45) is 0 Å². The molecule has 24 heavy (non-hydrogen) atoms. The molecule has 1 aromatic rings. The number of rotatable bonds is 8. The van der Waals surface area contributed by atoms with E-state index in [9.17, 15) is 18.6 Å². The number of ether oxygens (including phenoxy) is 3. The maximum Gasteiger partial charge on any atom is 0.339 e. The van der Waals surface area contributed by atoms with Gasteiger partial charge in [0, 0.05) is 6.08 Å². The predicted octanol–water partition coefficient (Wildman–Crippen LogP) is 1.33. The zero-order valence-corrected chi connectivity index (χ0v) is 13.7. The van der Waals surface area contributed by atoms with Crippen molar-refractivity contribution >= 4 is 29.0 Å². The van der Waals surface area contributed by atoms with Gasteiger partial charge in [-0.15, -0.1) is 0 Å². The first-order valence-electron chi connectivity index (χ1n) is 6.79. The highest BCUT2D eigenvalue weighted by atomic mass is 32.2. The van der Waals surface area contributed by atoms with Gasteiger partial charge < -0.3 is 18.8 Å². The minimum absolute atomic E-state index is 0.0606. The molecule has 0 aliphatic carbocycles. The van der Waals surface area contributed by atoms with Crippen LogP contribution < -0.4 is 0 Å². The zero-order chi connectivity index (χ0) is 18.1. The van der Waals surface area contributed by atoms with Gasteiger partial charge in [-0.2, -0.15) is 0 Å². The molecule has 0 saturated heterocycles. The van der Waals surface area contributed by atoms with E-state index in [4.69, 9.17) is 14.0 Å². The summed E-state index contributed by atoms with van der Waals surface area (Å²) in [6.07, 6.45) is 0.967. The second-order valence-corrected chi connectivity index (χ2v) is 5.15. The Labute approximate surface area is 140 Å². The predicted molar refractivity (Wildman–Crippen MR) is 82.9 cm³/mol. The highest BCUT2D eigenvalue weighted by Gasteiger charge is 2.21. The molecule has 1 rings (SSSR count). The van der Waals surface area contributed by atoms with E-state index in [1.807, 2.05) is 0 Å². The first-order chi connectivity index (χ1) is 11.4. The molecule has 8 nitrogen and oxygen atoms in total. The van der Waals surface area contributed by atoms with E-state index in [1.54, 1.807) is 6.92 Å². The van der Waals surface area contributed by atoms with Crippen molar-refractivity contribution in [3.63, 3.8) is 0 Å². The van der Waals surface area contributed by atoms with Gasteiger partial charge in [0.25, 0.3) is 0 Å². The van der Waals surface area contributed by atoms with Crippen LogP contribution in [-0.2, 0) is 30.1 Å². The average molecular weight is 356 g/mol. The van der Waals surface area contributed by atoms with Gasteiger partial charge >= 0.3 is 17.9 Å². The lowest BCUT2D eigenvalue weighted by molar-refractivity contribution is -0.138. The molecular formula is C15H16O8S. The van der Waals surface area contributed by atoms with Gasteiger partial charge in [0.05, 0.1) is 22.6 Å². The molecule has 0 spiro atoms. The van der Waals surface area contributed by atoms with Crippen LogP contribution in [-0.4, -0.2) is 46.5 Å². The van der Waals surface area contributed by atoms with Crippen molar-refractivity contribution in [3.05, 3.63) is 42.0 Å². The molecule has 0 aromatic heterocycles. The molecular weight excluding hydrogens is 340 g/mol. The Bertz CT molecular complexity index is 667. The summed E-state index contributed by atoms with van der Waals surface area (Å²) in [7, 11) is 0. The fourth-order valence-corrected chi connectivity index (χ4v) is 2.00. The first kappa shape index (κ1) is 19.5. The van der Waals surface area contributed by atoms with Crippen molar-refractivity contribution in [2.45, 2.75) is 11.8 Å². The minimum Gasteiger partial charge on any atom is -0.462 e. The summed E-state index contributed by atoms with van der Waals surface area (Å²) < 4.78 is 34.5. The Kier molecular flexibility index (Phi) is 7.80. The quantitative estimate of drug-likeness (QED) is 0.244. The molecule has 0 bridgehead atoms. The van der Waals surface area contributed by atoms with Gasteiger partial charge in [-0.25, -0.2) is 18.6 Å². The topological polar surface area (TPSA) is 116 Å². The third-order valence-electron chi connectivity index (χ3n) is 2.64. The number of hydrogen-bond donors (Lipinski definition) is 1. The smallest absolute Gasteiger partial charge is 0.339 e. The van der Waals surface area contributed by atoms with Crippen LogP contribution in [0.2, 0.25) is 0 Å². The molecule has 1 unspecified atom stereocenters. The molecule has 0 saturated carbocycles. The standard InChI is InChI=1S/C15H16O8S/c1-3-13(16)22-7-8-23-14(17)11-6-5-10(24(19)20)9-12(11)15(18)21-4-2/h3,5-6,9H,1,4,7-8H2,2H3,(H,19,20). The van der Waals surface area contributed by atoms with Crippen LogP contribution in [0.5, 0.6) is 0 Å². The van der Waals surface area contributed by atoms with E-state index in [2.05, 4.69) is 11.3 Å². The van der Waals surface area contributed by atoms with Crippen molar-refractivity contribution in [3.8, 4) is 0 Å². The van der Waals surface area contributed by atoms with Crippen LogP contribution in [0.4, 0.5) is 0 Å². The summed E-state index contributed by atoms with van der Waals surface area (Å²) in [4.78, 5) is 34.7. The molecule has 0 fully saturated rings. The summed E-state index contributed by atoms with van der Waals surface area (Å²) in [6.45, 7) is 4.46. The summed E-state index contributed by atoms with van der Waals surface area (Å²) in [5.74, 6) is -2.34. The molecule has 0 heterocycles. The fourth-order valence-electron chi connectivity index (χ4n) is 1.60. The molecule has 0 radical (unpaired) electrons. The van der Waals surface area contributed by atoms with Crippen LogP contribution in [0.25, 0.3) is 0 Å². The molecule has 130 valence electrons. The van der Waals surface area contributed by atoms with Gasteiger partial charge in [0.1, 0.15) is 13.2 Å². The van der Waals surface area contributed by atoms with Gasteiger partial charge in [-0.05, 0) is 25.1 Å². The van der Waals surface area contributed by atoms with Crippen molar-refractivity contribution < 1.29 is 37.4 Å². The lowest BCUT2D eigenvalue weighted by atomic mass is 10.1. The number of hydrogen-bond acceptors (Lipinski definition) is 7. The van der Waals surface area contributed by atoms with Crippen molar-refractivity contribution in [1.29, 1.82) is 0 Å². The molecule has 0 aliphatic rings. The molecule has 9 heteroatoms. The van der Waals surface area contributed by atoms with Crippen LogP contribution in [0.1, 0.15) is 27.6 Å². The van der Waals surface area contributed by atoms with Crippen LogP contribution in [0.15, 0.2) is 35.7 Å². The third kappa shape index (κ3) is 5.60. The summed E-state index contributed by atoms with van der Waals surface area (Å²) in [6, 6.07) is 3.49. The fraction of sp³-hybridized carbons (Fsp3) is 0.267. The first-order valence-corrected chi connectivity index (χ1v) is 7.89. The zero-order valence-electron chi connectivity index (χ0n) is 12.9. The summed E-state index contributed by atoms with van der Waals surface area (Å²) >= 11 is -2.32. The molecule has 0 aliphatic heterocycles. The highest BCUT2D eigenvalue weighted by Crippen LogP contribution is 2.17. The SMILES string of the molecule is C=CC(=O)OCCOC(=O)c1ccc(S(=O)O)cc1C(=O)OCC. The maximum atomic E-state index is 12.0. The highest BCUT2D eigenvalue weighted by molar-refractivity contribution is 7.79. The largest absolute Gasteiger partial charge is 0.462 e. The summed E-state index contributed by atoms with van der Waals surface area (Å²) in [5, 5.41) is 0. The van der Waals surface area contributed by atoms with E-state index in [1.165, 1.54) is 12.1 Å². The summed E-state index contributed by atoms with van der Waals surface area (Å²) in [5.41, 5.74) is -0.317. The second kappa shape index (κ2) is 9.58. The molecule has 1 atom stereocenters. The van der Waals surface area contributed by atoms with Gasteiger partial charge in [0.15, 0.2) is 11.1 Å². The molecule has 1 aromatic carbocycles. The Morgan fingerprint density at radius 3 is 2.33 bits per heavy atom.